The molecule has 1 aromatic rings. The Morgan fingerprint density at radius 1 is 1.33 bits per heavy atom. The van der Waals surface area contributed by atoms with E-state index in [-0.39, 0.29) is 5.82 Å². The van der Waals surface area contributed by atoms with Crippen LogP contribution in [0.25, 0.3) is 0 Å². The number of hydrogen-bond acceptors (Lipinski definition) is 1. The van der Waals surface area contributed by atoms with Gasteiger partial charge in [0.05, 0.1) is 0 Å². The van der Waals surface area contributed by atoms with E-state index < -0.39 is 0 Å². The second-order valence-electron chi connectivity index (χ2n) is 2.78. The molecule has 2 N–H and O–H groups in total. The summed E-state index contributed by atoms with van der Waals surface area (Å²) in [7, 11) is 0. The SMILES string of the molecule is C=C(N)CCc1ccc(F)cc1. The van der Waals surface area contributed by atoms with Crippen molar-refractivity contribution < 1.29 is 4.39 Å². The molecule has 1 nitrogen and oxygen atoms in total. The van der Waals surface area contributed by atoms with Crippen molar-refractivity contribution >= 4 is 0 Å². The zero-order valence-electron chi connectivity index (χ0n) is 6.89. The van der Waals surface area contributed by atoms with Crippen molar-refractivity contribution in [2.45, 2.75) is 12.8 Å². The summed E-state index contributed by atoms with van der Waals surface area (Å²) in [6.45, 7) is 3.59. The zero-order valence-corrected chi connectivity index (χ0v) is 6.89. The van der Waals surface area contributed by atoms with E-state index in [0.29, 0.717) is 5.70 Å². The Kier molecular flexibility index (Phi) is 2.86. The fourth-order valence-electron chi connectivity index (χ4n) is 0.956. The van der Waals surface area contributed by atoms with Crippen LogP contribution in [0, 0.1) is 5.82 Å². The summed E-state index contributed by atoms with van der Waals surface area (Å²) < 4.78 is 12.4. The van der Waals surface area contributed by atoms with E-state index in [1.807, 2.05) is 0 Å². The third-order valence-electron chi connectivity index (χ3n) is 1.65. The Hall–Kier alpha value is -1.31. The number of rotatable bonds is 3. The van der Waals surface area contributed by atoms with Crippen LogP contribution in [0.1, 0.15) is 12.0 Å². The number of benzene rings is 1. The number of nitrogens with two attached hydrogens (primary N) is 1. The highest BCUT2D eigenvalue weighted by atomic mass is 19.1. The van der Waals surface area contributed by atoms with Gasteiger partial charge in [0.25, 0.3) is 0 Å². The van der Waals surface area contributed by atoms with Crippen LogP contribution in [0.5, 0.6) is 0 Å². The monoisotopic (exact) mass is 165 g/mol. The van der Waals surface area contributed by atoms with Crippen LogP contribution in [0.3, 0.4) is 0 Å². The highest BCUT2D eigenvalue weighted by molar-refractivity contribution is 5.16. The van der Waals surface area contributed by atoms with Crippen LogP contribution in [0.2, 0.25) is 0 Å². The molecule has 0 atom stereocenters. The number of hydrogen-bond donors (Lipinski definition) is 1. The molecular weight excluding hydrogens is 153 g/mol. The van der Waals surface area contributed by atoms with Gasteiger partial charge in [-0.2, -0.15) is 0 Å². The minimum Gasteiger partial charge on any atom is -0.403 e. The Labute approximate surface area is 71.7 Å². The first kappa shape index (κ1) is 8.78. The molecule has 0 amide bonds. The van der Waals surface area contributed by atoms with Crippen LogP contribution >= 0.6 is 0 Å². The Morgan fingerprint density at radius 2 is 1.92 bits per heavy atom. The zero-order chi connectivity index (χ0) is 8.97. The number of halogens is 1. The van der Waals surface area contributed by atoms with Crippen LogP contribution in [0.15, 0.2) is 36.5 Å². The van der Waals surface area contributed by atoms with Gasteiger partial charge in [0, 0.05) is 5.70 Å². The quantitative estimate of drug-likeness (QED) is 0.730. The predicted molar refractivity (Wildman–Crippen MR) is 48.0 cm³/mol. The van der Waals surface area contributed by atoms with Crippen molar-refractivity contribution in [3.63, 3.8) is 0 Å². The normalized spacial score (nSPS) is 9.75. The van der Waals surface area contributed by atoms with Crippen LogP contribution < -0.4 is 5.73 Å². The molecule has 0 radical (unpaired) electrons. The lowest BCUT2D eigenvalue weighted by Gasteiger charge is -1.99. The summed E-state index contributed by atoms with van der Waals surface area (Å²) in [6, 6.07) is 6.43. The first-order valence-electron chi connectivity index (χ1n) is 3.86. The smallest absolute Gasteiger partial charge is 0.123 e. The fourth-order valence-corrected chi connectivity index (χ4v) is 0.956. The Morgan fingerprint density at radius 3 is 2.42 bits per heavy atom. The van der Waals surface area contributed by atoms with Gasteiger partial charge in [-0.05, 0) is 30.5 Å². The maximum absolute atomic E-state index is 12.4. The van der Waals surface area contributed by atoms with Crippen molar-refractivity contribution in [2.75, 3.05) is 0 Å². The molecule has 0 aliphatic carbocycles. The standard InChI is InChI=1S/C10H12FN/c1-8(12)2-3-9-4-6-10(11)7-5-9/h4-7H,1-3,12H2. The molecule has 1 aromatic carbocycles. The van der Waals surface area contributed by atoms with Crippen molar-refractivity contribution in [1.29, 1.82) is 0 Å². The van der Waals surface area contributed by atoms with Gasteiger partial charge in [-0.1, -0.05) is 18.7 Å². The van der Waals surface area contributed by atoms with Gasteiger partial charge in [-0.25, -0.2) is 4.39 Å². The van der Waals surface area contributed by atoms with Gasteiger partial charge < -0.3 is 5.73 Å². The molecule has 12 heavy (non-hydrogen) atoms. The van der Waals surface area contributed by atoms with E-state index in [4.69, 9.17) is 5.73 Å². The molecule has 64 valence electrons. The second-order valence-corrected chi connectivity index (χ2v) is 2.78. The van der Waals surface area contributed by atoms with E-state index in [1.54, 1.807) is 12.1 Å². The molecule has 0 aromatic heterocycles. The largest absolute Gasteiger partial charge is 0.403 e. The molecule has 0 bridgehead atoms. The topological polar surface area (TPSA) is 26.0 Å². The minimum atomic E-state index is -0.203. The predicted octanol–water partition coefficient (Wildman–Crippen LogP) is 2.23. The van der Waals surface area contributed by atoms with E-state index in [9.17, 15) is 4.39 Å². The number of aryl methyl sites for hydroxylation is 1. The van der Waals surface area contributed by atoms with Crippen molar-refractivity contribution in [3.05, 3.63) is 47.9 Å². The van der Waals surface area contributed by atoms with Gasteiger partial charge in [-0.15, -0.1) is 0 Å². The maximum Gasteiger partial charge on any atom is 0.123 e. The molecule has 1 rings (SSSR count). The van der Waals surface area contributed by atoms with E-state index in [1.165, 1.54) is 12.1 Å². The average molecular weight is 165 g/mol. The van der Waals surface area contributed by atoms with Crippen LogP contribution in [-0.4, -0.2) is 0 Å². The van der Waals surface area contributed by atoms with E-state index in [0.717, 1.165) is 18.4 Å². The summed E-state index contributed by atoms with van der Waals surface area (Å²) in [4.78, 5) is 0. The second kappa shape index (κ2) is 3.90. The fraction of sp³-hybridized carbons (Fsp3) is 0.200. The molecule has 0 aliphatic rings. The molecule has 0 fully saturated rings. The van der Waals surface area contributed by atoms with E-state index >= 15 is 0 Å². The summed E-state index contributed by atoms with van der Waals surface area (Å²) in [5.74, 6) is -0.203. The van der Waals surface area contributed by atoms with Crippen LogP contribution in [-0.2, 0) is 6.42 Å². The van der Waals surface area contributed by atoms with Gasteiger partial charge in [0.2, 0.25) is 0 Å². The molecule has 0 saturated heterocycles. The molecule has 0 unspecified atom stereocenters. The minimum absolute atomic E-state index is 0.203. The number of allylic oxidation sites excluding steroid dienone is 1. The molecule has 0 heterocycles. The molecule has 0 spiro atoms. The first-order chi connectivity index (χ1) is 5.68. The molecule has 0 saturated carbocycles. The maximum atomic E-state index is 12.4. The van der Waals surface area contributed by atoms with E-state index in [2.05, 4.69) is 6.58 Å². The molecular formula is C10H12FN. The summed E-state index contributed by atoms with van der Waals surface area (Å²) in [5.41, 5.74) is 7.15. The highest BCUT2D eigenvalue weighted by Gasteiger charge is 1.93. The van der Waals surface area contributed by atoms with Crippen molar-refractivity contribution in [1.82, 2.24) is 0 Å². The highest BCUT2D eigenvalue weighted by Crippen LogP contribution is 2.06. The van der Waals surface area contributed by atoms with Gasteiger partial charge in [0.15, 0.2) is 0 Å². The summed E-state index contributed by atoms with van der Waals surface area (Å²) in [6.07, 6.45) is 1.58. The van der Waals surface area contributed by atoms with Crippen molar-refractivity contribution in [2.24, 2.45) is 5.73 Å². The van der Waals surface area contributed by atoms with Gasteiger partial charge >= 0.3 is 0 Å². The molecule has 0 aliphatic heterocycles. The van der Waals surface area contributed by atoms with Crippen molar-refractivity contribution in [3.8, 4) is 0 Å². The lowest BCUT2D eigenvalue weighted by Crippen LogP contribution is -1.96. The van der Waals surface area contributed by atoms with Gasteiger partial charge in [0.1, 0.15) is 5.82 Å². The average Bonchev–Trinajstić information content (AvgIpc) is 2.03. The third-order valence-corrected chi connectivity index (χ3v) is 1.65. The Balaban J connectivity index is 2.53. The van der Waals surface area contributed by atoms with Gasteiger partial charge in [-0.3, -0.25) is 0 Å². The third kappa shape index (κ3) is 2.74. The summed E-state index contributed by atoms with van der Waals surface area (Å²) >= 11 is 0. The molecule has 2 heteroatoms. The lowest BCUT2D eigenvalue weighted by atomic mass is 10.1. The first-order valence-corrected chi connectivity index (χ1v) is 3.86. The lowest BCUT2D eigenvalue weighted by molar-refractivity contribution is 0.627. The Bertz CT molecular complexity index is 264. The van der Waals surface area contributed by atoms with Crippen LogP contribution in [0.4, 0.5) is 4.39 Å². The summed E-state index contributed by atoms with van der Waals surface area (Å²) in [5, 5.41) is 0.